The lowest BCUT2D eigenvalue weighted by Gasteiger charge is -2.19. The lowest BCUT2D eigenvalue weighted by Crippen LogP contribution is -2.27. The van der Waals surface area contributed by atoms with Crippen LogP contribution in [0.4, 0.5) is 4.79 Å². The zero-order chi connectivity index (χ0) is 20.9. The molecule has 0 atom stereocenters. The van der Waals surface area contributed by atoms with Crippen LogP contribution in [0.2, 0.25) is 0 Å². The van der Waals surface area contributed by atoms with E-state index in [0.29, 0.717) is 12.0 Å². The van der Waals surface area contributed by atoms with Gasteiger partial charge < -0.3 is 9.30 Å². The van der Waals surface area contributed by atoms with Crippen molar-refractivity contribution in [2.24, 2.45) is 7.05 Å². The molecule has 0 bridgehead atoms. The number of carbonyl (C=O) groups is 2. The van der Waals surface area contributed by atoms with Gasteiger partial charge in [-0.2, -0.15) is 9.78 Å². The second kappa shape index (κ2) is 6.84. The molecule has 150 valence electrons. The van der Waals surface area contributed by atoms with Crippen LogP contribution in [0.3, 0.4) is 0 Å². The molecule has 0 fully saturated rings. The summed E-state index contributed by atoms with van der Waals surface area (Å²) in [5.74, 6) is 0.118. The van der Waals surface area contributed by atoms with Gasteiger partial charge in [0.15, 0.2) is 5.78 Å². The first-order valence-electron chi connectivity index (χ1n) is 9.52. The molecule has 3 aromatic heterocycles. The largest absolute Gasteiger partial charge is 0.442 e. The smallest absolute Gasteiger partial charge is 0.435 e. The molecule has 7 heteroatoms. The highest BCUT2D eigenvalue weighted by Gasteiger charge is 2.24. The van der Waals surface area contributed by atoms with E-state index in [9.17, 15) is 9.59 Å². The predicted octanol–water partition coefficient (Wildman–Crippen LogP) is 5.63. The topological polar surface area (TPSA) is 66.1 Å². The van der Waals surface area contributed by atoms with E-state index in [2.05, 4.69) is 5.10 Å². The Morgan fingerprint density at radius 3 is 2.59 bits per heavy atom. The number of Topliss-reactive ketones (excluding diaryl/α,β-unsaturated/α-hetero) is 1. The second-order valence-corrected chi connectivity index (χ2v) is 8.93. The van der Waals surface area contributed by atoms with Gasteiger partial charge in [0, 0.05) is 29.9 Å². The molecule has 0 N–H and O–H groups in total. The van der Waals surface area contributed by atoms with Gasteiger partial charge in [0.25, 0.3) is 0 Å². The third-order valence-corrected chi connectivity index (χ3v) is 5.69. The highest BCUT2D eigenvalue weighted by Crippen LogP contribution is 2.35. The quantitative estimate of drug-likeness (QED) is 0.411. The van der Waals surface area contributed by atoms with E-state index in [0.717, 1.165) is 32.5 Å². The van der Waals surface area contributed by atoms with Crippen molar-refractivity contribution in [3.05, 3.63) is 41.3 Å². The molecular formula is C22H23N3O3S. The minimum absolute atomic E-state index is 0.118. The maximum Gasteiger partial charge on any atom is 0.435 e. The first-order valence-corrected chi connectivity index (χ1v) is 10.4. The lowest BCUT2D eigenvalue weighted by atomic mass is 10.1. The van der Waals surface area contributed by atoms with Gasteiger partial charge in [-0.15, -0.1) is 11.3 Å². The highest BCUT2D eigenvalue weighted by atomic mass is 32.1. The van der Waals surface area contributed by atoms with Crippen molar-refractivity contribution in [3.8, 4) is 11.4 Å². The van der Waals surface area contributed by atoms with E-state index in [4.69, 9.17) is 4.74 Å². The molecule has 0 unspecified atom stereocenters. The lowest BCUT2D eigenvalue weighted by molar-refractivity contribution is 0.0523. The van der Waals surface area contributed by atoms with E-state index in [1.165, 1.54) is 16.0 Å². The summed E-state index contributed by atoms with van der Waals surface area (Å²) in [5, 5.41) is 7.51. The number of rotatable bonds is 3. The van der Waals surface area contributed by atoms with Crippen LogP contribution >= 0.6 is 11.3 Å². The summed E-state index contributed by atoms with van der Waals surface area (Å²) in [4.78, 5) is 24.7. The van der Waals surface area contributed by atoms with Crippen molar-refractivity contribution < 1.29 is 14.3 Å². The van der Waals surface area contributed by atoms with E-state index in [1.54, 1.807) is 0 Å². The summed E-state index contributed by atoms with van der Waals surface area (Å²) in [7, 11) is 1.96. The standard InChI is InChI=1S/C22H23N3O3S/c1-6-18(26)13-7-8-15-14(11-13)12-17(24(15)5)19-20-16(9-10-29-20)25(23-19)21(27)28-22(2,3)4/h7-12H,6H2,1-5H3. The maximum atomic E-state index is 12.7. The number of ketones is 1. The summed E-state index contributed by atoms with van der Waals surface area (Å²) in [6.07, 6.45) is -0.0249. The molecule has 0 saturated carbocycles. The first kappa shape index (κ1) is 19.4. The number of nitrogens with zero attached hydrogens (tertiary/aromatic N) is 3. The van der Waals surface area contributed by atoms with Gasteiger partial charge in [-0.1, -0.05) is 6.92 Å². The summed E-state index contributed by atoms with van der Waals surface area (Å²) in [5.41, 5.74) is 3.44. The summed E-state index contributed by atoms with van der Waals surface area (Å²) < 4.78 is 9.81. The monoisotopic (exact) mass is 409 g/mol. The van der Waals surface area contributed by atoms with Crippen LogP contribution in [0, 0.1) is 0 Å². The molecule has 6 nitrogen and oxygen atoms in total. The highest BCUT2D eigenvalue weighted by molar-refractivity contribution is 7.17. The number of ether oxygens (including phenoxy) is 1. The maximum absolute atomic E-state index is 12.7. The Morgan fingerprint density at radius 1 is 1.14 bits per heavy atom. The molecular weight excluding hydrogens is 386 g/mol. The third-order valence-electron chi connectivity index (χ3n) is 4.78. The Morgan fingerprint density at radius 2 is 1.90 bits per heavy atom. The Hall–Kier alpha value is -2.93. The van der Waals surface area contributed by atoms with Crippen LogP contribution in [0.1, 0.15) is 44.5 Å². The van der Waals surface area contributed by atoms with Gasteiger partial charge in [0.05, 0.1) is 15.9 Å². The molecule has 0 aliphatic carbocycles. The first-order chi connectivity index (χ1) is 13.7. The van der Waals surface area contributed by atoms with Gasteiger partial charge in [-0.25, -0.2) is 4.79 Å². The fourth-order valence-electron chi connectivity index (χ4n) is 3.41. The molecule has 4 rings (SSSR count). The fraction of sp³-hybridized carbons (Fsp3) is 0.318. The number of fused-ring (bicyclic) bond motifs is 2. The fourth-order valence-corrected chi connectivity index (χ4v) is 4.28. The number of hydrogen-bond donors (Lipinski definition) is 0. The molecule has 0 radical (unpaired) electrons. The molecule has 0 saturated heterocycles. The summed E-state index contributed by atoms with van der Waals surface area (Å²) >= 11 is 1.54. The predicted molar refractivity (Wildman–Crippen MR) is 116 cm³/mol. The molecule has 0 spiro atoms. The summed E-state index contributed by atoms with van der Waals surface area (Å²) in [6.45, 7) is 7.36. The molecule has 4 aromatic rings. The molecule has 0 amide bonds. The van der Waals surface area contributed by atoms with Gasteiger partial charge in [-0.05, 0) is 56.5 Å². The SMILES string of the molecule is CCC(=O)c1ccc2c(c1)cc(-c1nn(C(=O)OC(C)(C)C)c3ccsc13)n2C. The van der Waals surface area contributed by atoms with Crippen molar-refractivity contribution in [1.82, 2.24) is 14.3 Å². The zero-order valence-corrected chi connectivity index (χ0v) is 18.0. The number of hydrogen-bond acceptors (Lipinski definition) is 5. The molecule has 0 aliphatic heterocycles. The Balaban J connectivity index is 1.86. The number of benzene rings is 1. The van der Waals surface area contributed by atoms with Crippen LogP contribution in [-0.4, -0.2) is 31.8 Å². The average Bonchev–Trinajstić information content (AvgIpc) is 3.33. The summed E-state index contributed by atoms with van der Waals surface area (Å²) in [6, 6.07) is 9.63. The van der Waals surface area contributed by atoms with Crippen molar-refractivity contribution in [1.29, 1.82) is 0 Å². The van der Waals surface area contributed by atoms with E-state index in [1.807, 2.05) is 75.0 Å². The third kappa shape index (κ3) is 3.35. The van der Waals surface area contributed by atoms with E-state index >= 15 is 0 Å². The van der Waals surface area contributed by atoms with Gasteiger partial charge in [-0.3, -0.25) is 4.79 Å². The Bertz CT molecular complexity index is 1250. The molecule has 3 heterocycles. The molecule has 1 aromatic carbocycles. The van der Waals surface area contributed by atoms with E-state index in [-0.39, 0.29) is 5.78 Å². The normalized spacial score (nSPS) is 12.0. The minimum atomic E-state index is -0.604. The number of carbonyl (C=O) groups excluding carboxylic acids is 2. The van der Waals surface area contributed by atoms with Gasteiger partial charge in [0.1, 0.15) is 11.3 Å². The van der Waals surface area contributed by atoms with Crippen molar-refractivity contribution in [2.75, 3.05) is 0 Å². The number of aryl methyl sites for hydroxylation is 1. The van der Waals surface area contributed by atoms with Crippen molar-refractivity contribution in [3.63, 3.8) is 0 Å². The van der Waals surface area contributed by atoms with E-state index < -0.39 is 11.7 Å². The minimum Gasteiger partial charge on any atom is -0.442 e. The molecule has 29 heavy (non-hydrogen) atoms. The Labute approximate surface area is 172 Å². The van der Waals surface area contributed by atoms with Crippen LogP contribution in [-0.2, 0) is 11.8 Å². The van der Waals surface area contributed by atoms with Crippen molar-refractivity contribution in [2.45, 2.75) is 39.7 Å². The molecule has 0 aliphatic rings. The van der Waals surface area contributed by atoms with Gasteiger partial charge >= 0.3 is 6.09 Å². The van der Waals surface area contributed by atoms with Crippen LogP contribution in [0.15, 0.2) is 35.7 Å². The van der Waals surface area contributed by atoms with Crippen LogP contribution in [0.5, 0.6) is 0 Å². The number of aromatic nitrogens is 3. The Kier molecular flexibility index (Phi) is 4.58. The number of thiophene rings is 1. The van der Waals surface area contributed by atoms with Crippen LogP contribution < -0.4 is 0 Å². The van der Waals surface area contributed by atoms with Crippen LogP contribution in [0.25, 0.3) is 32.5 Å². The van der Waals surface area contributed by atoms with Gasteiger partial charge in [0.2, 0.25) is 0 Å². The second-order valence-electron chi connectivity index (χ2n) is 8.01. The average molecular weight is 410 g/mol. The van der Waals surface area contributed by atoms with Crippen molar-refractivity contribution >= 4 is 44.3 Å². The zero-order valence-electron chi connectivity index (χ0n) is 17.1.